The molecule has 2 heterocycles. The summed E-state index contributed by atoms with van der Waals surface area (Å²) in [5, 5.41) is 10.1. The Hall–Kier alpha value is -2.36. The normalized spacial score (nSPS) is 19.7. The van der Waals surface area contributed by atoms with Crippen molar-refractivity contribution in [1.82, 2.24) is 9.97 Å². The summed E-state index contributed by atoms with van der Waals surface area (Å²) in [5.74, 6) is 1.47. The van der Waals surface area contributed by atoms with E-state index >= 15 is 0 Å². The van der Waals surface area contributed by atoms with E-state index in [0.29, 0.717) is 11.6 Å². The fraction of sp³-hybridized carbons (Fsp3) is 0.333. The van der Waals surface area contributed by atoms with Crippen LogP contribution in [0, 0.1) is 0 Å². The molecule has 0 unspecified atom stereocenters. The monoisotopic (exact) mass is 293 g/mol. The third-order valence-electron chi connectivity index (χ3n) is 4.58. The molecule has 0 bridgehead atoms. The van der Waals surface area contributed by atoms with Gasteiger partial charge in [0.15, 0.2) is 0 Å². The van der Waals surface area contributed by atoms with E-state index < -0.39 is 0 Å². The first-order chi connectivity index (χ1) is 10.8. The van der Waals surface area contributed by atoms with Gasteiger partial charge in [-0.25, -0.2) is 0 Å². The van der Waals surface area contributed by atoms with Crippen molar-refractivity contribution in [3.05, 3.63) is 41.3 Å². The molecule has 22 heavy (non-hydrogen) atoms. The quantitative estimate of drug-likeness (QED) is 0.861. The van der Waals surface area contributed by atoms with E-state index in [1.54, 1.807) is 0 Å². The van der Waals surface area contributed by atoms with Gasteiger partial charge < -0.3 is 10.1 Å². The molecule has 0 amide bonds. The van der Waals surface area contributed by atoms with Gasteiger partial charge in [-0.05, 0) is 25.0 Å². The Bertz CT molecular complexity index is 751. The summed E-state index contributed by atoms with van der Waals surface area (Å²) in [5.41, 5.74) is 3.75. The minimum absolute atomic E-state index is 0.0888. The van der Waals surface area contributed by atoms with Crippen molar-refractivity contribution in [3.63, 3.8) is 0 Å². The summed E-state index contributed by atoms with van der Waals surface area (Å²) >= 11 is 0. The summed E-state index contributed by atoms with van der Waals surface area (Å²) < 4.78 is 0. The Kier molecular flexibility index (Phi) is 3.29. The first kappa shape index (κ1) is 13.3. The molecule has 2 aromatic rings. The molecule has 112 valence electrons. The summed E-state index contributed by atoms with van der Waals surface area (Å²) in [4.78, 5) is 12.0. The number of nitrogens with one attached hydrogen (secondary N) is 1. The van der Waals surface area contributed by atoms with Crippen molar-refractivity contribution in [2.75, 3.05) is 0 Å². The second kappa shape index (κ2) is 5.44. The molecule has 0 spiro atoms. The Morgan fingerprint density at radius 1 is 1.14 bits per heavy atom. The molecular formula is C18H19N3O. The lowest BCUT2D eigenvalue weighted by Crippen LogP contribution is -2.06. The molecule has 0 atom stereocenters. The molecule has 2 N–H and O–H groups in total. The van der Waals surface area contributed by atoms with E-state index in [1.807, 2.05) is 36.6 Å². The van der Waals surface area contributed by atoms with Gasteiger partial charge in [-0.1, -0.05) is 37.5 Å². The van der Waals surface area contributed by atoms with Crippen LogP contribution >= 0.6 is 0 Å². The number of H-pyrrole nitrogens is 1. The van der Waals surface area contributed by atoms with E-state index in [1.165, 1.54) is 19.3 Å². The first-order valence-corrected chi connectivity index (χ1v) is 7.95. The Labute approximate surface area is 129 Å². The van der Waals surface area contributed by atoms with Crippen LogP contribution in [0.2, 0.25) is 0 Å². The van der Waals surface area contributed by atoms with Crippen molar-refractivity contribution >= 4 is 23.6 Å². The Morgan fingerprint density at radius 2 is 1.95 bits per heavy atom. The second-order valence-electron chi connectivity index (χ2n) is 6.07. The number of nitrogens with zero attached hydrogens (tertiary/aromatic N) is 2. The lowest BCUT2D eigenvalue weighted by Gasteiger charge is -2.18. The topological polar surface area (TPSA) is 61.3 Å². The van der Waals surface area contributed by atoms with Crippen LogP contribution in [0.4, 0.5) is 5.69 Å². The highest BCUT2D eigenvalue weighted by Crippen LogP contribution is 2.35. The predicted octanol–water partition coefficient (Wildman–Crippen LogP) is 4.42. The second-order valence-corrected chi connectivity index (χ2v) is 6.07. The molecule has 1 fully saturated rings. The van der Waals surface area contributed by atoms with Crippen LogP contribution < -0.4 is 0 Å². The summed E-state index contributed by atoms with van der Waals surface area (Å²) in [6, 6.07) is 8.02. The number of allylic oxidation sites excluding steroid dienone is 1. The maximum absolute atomic E-state index is 10.1. The van der Waals surface area contributed by atoms with Crippen LogP contribution in [0.3, 0.4) is 0 Å². The van der Waals surface area contributed by atoms with E-state index in [9.17, 15) is 5.11 Å². The van der Waals surface area contributed by atoms with Gasteiger partial charge in [0, 0.05) is 23.3 Å². The largest absolute Gasteiger partial charge is 0.492 e. The van der Waals surface area contributed by atoms with Crippen LogP contribution in [-0.2, 0) is 0 Å². The van der Waals surface area contributed by atoms with Crippen LogP contribution in [0.15, 0.2) is 29.3 Å². The fourth-order valence-corrected chi connectivity index (χ4v) is 3.38. The SMILES string of the molecule is Oc1nc(C2CCCCC2)[nH]c1/C=C1\C=Nc2ccccc21. The molecule has 2 aliphatic rings. The van der Waals surface area contributed by atoms with Crippen molar-refractivity contribution < 1.29 is 5.11 Å². The summed E-state index contributed by atoms with van der Waals surface area (Å²) in [6.45, 7) is 0. The standard InChI is InChI=1S/C18H19N3O/c22-18-16(20-17(21-18)12-6-2-1-3-7-12)10-13-11-19-15-9-5-4-8-14(13)15/h4-5,8-12,22H,1-3,6-7H2,(H,20,21)/b13-10+. The maximum Gasteiger partial charge on any atom is 0.237 e. The average molecular weight is 293 g/mol. The van der Waals surface area contributed by atoms with E-state index in [4.69, 9.17) is 0 Å². The summed E-state index contributed by atoms with van der Waals surface area (Å²) in [6.07, 6.45) is 9.91. The van der Waals surface area contributed by atoms with Gasteiger partial charge in [-0.2, -0.15) is 4.98 Å². The highest BCUT2D eigenvalue weighted by atomic mass is 16.3. The number of fused-ring (bicyclic) bond motifs is 1. The van der Waals surface area contributed by atoms with Crippen molar-refractivity contribution in [3.8, 4) is 5.88 Å². The molecular weight excluding hydrogens is 274 g/mol. The number of rotatable bonds is 2. The zero-order chi connectivity index (χ0) is 14.9. The van der Waals surface area contributed by atoms with Gasteiger partial charge in [0.05, 0.1) is 5.69 Å². The van der Waals surface area contributed by atoms with E-state index in [2.05, 4.69) is 15.0 Å². The molecule has 1 saturated carbocycles. The molecule has 4 rings (SSSR count). The van der Waals surface area contributed by atoms with Crippen LogP contribution in [0.25, 0.3) is 11.6 Å². The van der Waals surface area contributed by atoms with E-state index in [0.717, 1.165) is 35.5 Å². The Morgan fingerprint density at radius 3 is 2.82 bits per heavy atom. The van der Waals surface area contributed by atoms with Crippen LogP contribution in [-0.4, -0.2) is 21.3 Å². The molecule has 0 radical (unpaired) electrons. The zero-order valence-corrected chi connectivity index (χ0v) is 12.4. The third-order valence-corrected chi connectivity index (χ3v) is 4.58. The highest BCUT2D eigenvalue weighted by molar-refractivity contribution is 6.21. The fourth-order valence-electron chi connectivity index (χ4n) is 3.38. The lowest BCUT2D eigenvalue weighted by molar-refractivity contribution is 0.422. The maximum atomic E-state index is 10.1. The van der Waals surface area contributed by atoms with Crippen molar-refractivity contribution in [2.24, 2.45) is 4.99 Å². The molecule has 1 aromatic carbocycles. The molecule has 0 saturated heterocycles. The predicted molar refractivity (Wildman–Crippen MR) is 88.5 cm³/mol. The number of aliphatic imine (C=N–C) groups is 1. The number of hydrogen-bond acceptors (Lipinski definition) is 3. The van der Waals surface area contributed by atoms with Crippen molar-refractivity contribution in [2.45, 2.75) is 38.0 Å². The molecule has 1 aliphatic heterocycles. The highest BCUT2D eigenvalue weighted by Gasteiger charge is 2.21. The van der Waals surface area contributed by atoms with Crippen LogP contribution in [0.1, 0.15) is 55.1 Å². The van der Waals surface area contributed by atoms with Crippen LogP contribution in [0.5, 0.6) is 5.88 Å². The van der Waals surface area contributed by atoms with Gasteiger partial charge in [0.25, 0.3) is 0 Å². The van der Waals surface area contributed by atoms with Gasteiger partial charge in [-0.15, -0.1) is 0 Å². The molecule has 1 aliphatic carbocycles. The number of benzene rings is 1. The third kappa shape index (κ3) is 2.34. The zero-order valence-electron chi connectivity index (χ0n) is 12.4. The molecule has 4 nitrogen and oxygen atoms in total. The number of hydrogen-bond donors (Lipinski definition) is 2. The number of para-hydroxylation sites is 1. The Balaban J connectivity index is 1.65. The lowest BCUT2D eigenvalue weighted by atomic mass is 9.89. The average Bonchev–Trinajstić information content (AvgIpc) is 3.13. The van der Waals surface area contributed by atoms with E-state index in [-0.39, 0.29) is 5.88 Å². The number of imidazole rings is 1. The number of aromatic nitrogens is 2. The number of aromatic amines is 1. The number of aromatic hydroxyl groups is 1. The summed E-state index contributed by atoms with van der Waals surface area (Å²) in [7, 11) is 0. The minimum Gasteiger partial charge on any atom is -0.492 e. The van der Waals surface area contributed by atoms with Gasteiger partial charge in [0.1, 0.15) is 11.5 Å². The van der Waals surface area contributed by atoms with Gasteiger partial charge >= 0.3 is 0 Å². The first-order valence-electron chi connectivity index (χ1n) is 7.95. The smallest absolute Gasteiger partial charge is 0.237 e. The van der Waals surface area contributed by atoms with Gasteiger partial charge in [-0.3, -0.25) is 4.99 Å². The van der Waals surface area contributed by atoms with Gasteiger partial charge in [0.2, 0.25) is 5.88 Å². The molecule has 1 aromatic heterocycles. The minimum atomic E-state index is 0.0888. The molecule has 4 heteroatoms. The van der Waals surface area contributed by atoms with Crippen molar-refractivity contribution in [1.29, 1.82) is 0 Å².